The van der Waals surface area contributed by atoms with E-state index in [4.69, 9.17) is 5.73 Å². The maximum atomic E-state index is 5.94. The summed E-state index contributed by atoms with van der Waals surface area (Å²) < 4.78 is 0. The van der Waals surface area contributed by atoms with E-state index < -0.39 is 0 Å². The lowest BCUT2D eigenvalue weighted by atomic mass is 10.1. The van der Waals surface area contributed by atoms with Gasteiger partial charge >= 0.3 is 0 Å². The highest BCUT2D eigenvalue weighted by Gasteiger charge is 2.10. The highest BCUT2D eigenvalue weighted by atomic mass is 15.1. The summed E-state index contributed by atoms with van der Waals surface area (Å²) in [4.78, 5) is 4.17. The number of fused-ring (bicyclic) bond motifs is 1. The van der Waals surface area contributed by atoms with Gasteiger partial charge in [-0.2, -0.15) is 5.10 Å². The van der Waals surface area contributed by atoms with Crippen LogP contribution in [0.1, 0.15) is 0 Å². The maximum absolute atomic E-state index is 5.94. The molecule has 0 radical (unpaired) electrons. The molecule has 4 heteroatoms. The highest BCUT2D eigenvalue weighted by molar-refractivity contribution is 5.99. The van der Waals surface area contributed by atoms with Gasteiger partial charge in [-0.05, 0) is 6.07 Å². The lowest BCUT2D eigenvalue weighted by molar-refractivity contribution is 1.10. The van der Waals surface area contributed by atoms with Gasteiger partial charge in [0.1, 0.15) is 0 Å². The number of hydrogen-bond donors (Lipinski definition) is 2. The van der Waals surface area contributed by atoms with Gasteiger partial charge in [-0.3, -0.25) is 5.10 Å². The summed E-state index contributed by atoms with van der Waals surface area (Å²) in [7, 11) is 0. The molecule has 0 saturated carbocycles. The molecule has 2 heterocycles. The minimum absolute atomic E-state index is 0.652. The van der Waals surface area contributed by atoms with Crippen molar-refractivity contribution >= 4 is 16.7 Å². The van der Waals surface area contributed by atoms with Crippen LogP contribution >= 0.6 is 0 Å². The number of benzene rings is 1. The van der Waals surface area contributed by atoms with Gasteiger partial charge in [0.05, 0.1) is 11.1 Å². The fraction of sp³-hybridized carbons (Fsp3) is 0. The van der Waals surface area contributed by atoms with E-state index in [1.807, 2.05) is 30.3 Å². The van der Waals surface area contributed by atoms with Crippen molar-refractivity contribution in [1.82, 2.24) is 15.2 Å². The Morgan fingerprint density at radius 1 is 1.06 bits per heavy atom. The zero-order chi connectivity index (χ0) is 11.0. The van der Waals surface area contributed by atoms with E-state index in [9.17, 15) is 0 Å². The fourth-order valence-corrected chi connectivity index (χ4v) is 1.78. The van der Waals surface area contributed by atoms with Crippen molar-refractivity contribution in [1.29, 1.82) is 0 Å². The molecule has 4 nitrogen and oxygen atoms in total. The van der Waals surface area contributed by atoms with E-state index in [-0.39, 0.29) is 0 Å². The van der Waals surface area contributed by atoms with Crippen LogP contribution in [0.4, 0.5) is 5.69 Å². The lowest BCUT2D eigenvalue weighted by Gasteiger charge is -1.99. The van der Waals surface area contributed by atoms with Gasteiger partial charge in [0.25, 0.3) is 0 Å². The SMILES string of the molecule is Nc1ccnc2n[nH]c(-c3ccccc3)c12. The number of hydrogen-bond acceptors (Lipinski definition) is 3. The molecule has 0 atom stereocenters. The van der Waals surface area contributed by atoms with Gasteiger partial charge in [-0.15, -0.1) is 0 Å². The Morgan fingerprint density at radius 2 is 1.88 bits per heavy atom. The molecule has 0 spiro atoms. The van der Waals surface area contributed by atoms with Crippen molar-refractivity contribution in [2.75, 3.05) is 5.73 Å². The second-order valence-corrected chi connectivity index (χ2v) is 3.56. The number of aromatic nitrogens is 3. The van der Waals surface area contributed by atoms with E-state index in [2.05, 4.69) is 15.2 Å². The minimum atomic E-state index is 0.652. The number of nitrogens with one attached hydrogen (secondary N) is 1. The standard InChI is InChI=1S/C12H10N4/c13-9-6-7-14-12-10(9)11(15-16-12)8-4-2-1-3-5-8/h1-7H,(H3,13,14,15,16). The van der Waals surface area contributed by atoms with Crippen molar-refractivity contribution in [3.63, 3.8) is 0 Å². The van der Waals surface area contributed by atoms with Crippen molar-refractivity contribution in [3.05, 3.63) is 42.6 Å². The molecule has 0 saturated heterocycles. The number of nitrogens with zero attached hydrogens (tertiary/aromatic N) is 2. The third kappa shape index (κ3) is 1.24. The van der Waals surface area contributed by atoms with Gasteiger partial charge < -0.3 is 5.73 Å². The van der Waals surface area contributed by atoms with Crippen LogP contribution in [0.5, 0.6) is 0 Å². The molecule has 16 heavy (non-hydrogen) atoms. The predicted molar refractivity (Wildman–Crippen MR) is 63.7 cm³/mol. The first-order valence-corrected chi connectivity index (χ1v) is 5.00. The van der Waals surface area contributed by atoms with Crippen LogP contribution in [-0.4, -0.2) is 15.2 Å². The van der Waals surface area contributed by atoms with Crippen molar-refractivity contribution in [2.24, 2.45) is 0 Å². The molecule has 3 aromatic rings. The number of nitrogens with two attached hydrogens (primary N) is 1. The van der Waals surface area contributed by atoms with Gasteiger partial charge in [-0.25, -0.2) is 4.98 Å². The second kappa shape index (κ2) is 3.34. The third-order valence-electron chi connectivity index (χ3n) is 2.55. The van der Waals surface area contributed by atoms with E-state index >= 15 is 0 Å². The van der Waals surface area contributed by atoms with Gasteiger partial charge in [0.15, 0.2) is 5.65 Å². The largest absolute Gasteiger partial charge is 0.398 e. The molecule has 2 aromatic heterocycles. The topological polar surface area (TPSA) is 67.6 Å². The molecule has 78 valence electrons. The molecule has 0 unspecified atom stereocenters. The summed E-state index contributed by atoms with van der Waals surface area (Å²) in [5.74, 6) is 0. The third-order valence-corrected chi connectivity index (χ3v) is 2.55. The highest BCUT2D eigenvalue weighted by Crippen LogP contribution is 2.28. The number of aromatic amines is 1. The average molecular weight is 210 g/mol. The lowest BCUT2D eigenvalue weighted by Crippen LogP contribution is -1.88. The van der Waals surface area contributed by atoms with Crippen LogP contribution in [0.3, 0.4) is 0 Å². The minimum Gasteiger partial charge on any atom is -0.398 e. The molecule has 0 bridgehead atoms. The Hall–Kier alpha value is -2.36. The first-order valence-electron chi connectivity index (χ1n) is 5.00. The molecule has 1 aromatic carbocycles. The number of nitrogen functional groups attached to an aromatic ring is 1. The van der Waals surface area contributed by atoms with Crippen molar-refractivity contribution in [2.45, 2.75) is 0 Å². The molecular formula is C12H10N4. The molecule has 0 aliphatic rings. The van der Waals surface area contributed by atoms with Crippen LogP contribution in [0.25, 0.3) is 22.3 Å². The molecule has 0 fully saturated rings. The summed E-state index contributed by atoms with van der Waals surface area (Å²) in [5.41, 5.74) is 9.26. The summed E-state index contributed by atoms with van der Waals surface area (Å²) in [6.45, 7) is 0. The number of pyridine rings is 1. The second-order valence-electron chi connectivity index (χ2n) is 3.56. The van der Waals surface area contributed by atoms with E-state index in [0.29, 0.717) is 11.3 Å². The molecule has 0 aliphatic carbocycles. The summed E-state index contributed by atoms with van der Waals surface area (Å²) in [6, 6.07) is 11.7. The first kappa shape index (κ1) is 8.91. The predicted octanol–water partition coefficient (Wildman–Crippen LogP) is 2.21. The first-order chi connectivity index (χ1) is 7.86. The molecule has 3 rings (SSSR count). The smallest absolute Gasteiger partial charge is 0.183 e. The van der Waals surface area contributed by atoms with Crippen LogP contribution in [0, 0.1) is 0 Å². The van der Waals surface area contributed by atoms with E-state index in [1.165, 1.54) is 0 Å². The van der Waals surface area contributed by atoms with Crippen molar-refractivity contribution < 1.29 is 0 Å². The van der Waals surface area contributed by atoms with Crippen LogP contribution in [0.2, 0.25) is 0 Å². The molecule has 0 aliphatic heterocycles. The van der Waals surface area contributed by atoms with Crippen molar-refractivity contribution in [3.8, 4) is 11.3 Å². The molecule has 3 N–H and O–H groups in total. The van der Waals surface area contributed by atoms with Gasteiger partial charge in [-0.1, -0.05) is 30.3 Å². The Morgan fingerprint density at radius 3 is 2.69 bits per heavy atom. The molecule has 0 amide bonds. The van der Waals surface area contributed by atoms with Crippen LogP contribution in [0.15, 0.2) is 42.6 Å². The Balaban J connectivity index is 2.33. The fourth-order valence-electron chi connectivity index (χ4n) is 1.78. The number of H-pyrrole nitrogens is 1. The maximum Gasteiger partial charge on any atom is 0.183 e. The quantitative estimate of drug-likeness (QED) is 0.647. The Kier molecular flexibility index (Phi) is 1.86. The van der Waals surface area contributed by atoms with Crippen LogP contribution < -0.4 is 5.73 Å². The monoisotopic (exact) mass is 210 g/mol. The number of rotatable bonds is 1. The van der Waals surface area contributed by atoms with Gasteiger partial charge in [0.2, 0.25) is 0 Å². The number of anilines is 1. The average Bonchev–Trinajstić information content (AvgIpc) is 2.75. The zero-order valence-electron chi connectivity index (χ0n) is 8.51. The summed E-state index contributed by atoms with van der Waals surface area (Å²) in [6.07, 6.45) is 1.66. The Labute approximate surface area is 92.1 Å². The zero-order valence-corrected chi connectivity index (χ0v) is 8.51. The summed E-state index contributed by atoms with van der Waals surface area (Å²) >= 11 is 0. The Bertz CT molecular complexity index is 628. The normalized spacial score (nSPS) is 10.8. The summed E-state index contributed by atoms with van der Waals surface area (Å²) in [5, 5.41) is 8.00. The van der Waals surface area contributed by atoms with Gasteiger partial charge in [0, 0.05) is 17.4 Å². The van der Waals surface area contributed by atoms with E-state index in [0.717, 1.165) is 16.6 Å². The van der Waals surface area contributed by atoms with E-state index in [1.54, 1.807) is 12.3 Å². The van der Waals surface area contributed by atoms with Crippen LogP contribution in [-0.2, 0) is 0 Å². The molecular weight excluding hydrogens is 200 g/mol.